The molecule has 1 aromatic rings. The van der Waals surface area contributed by atoms with Gasteiger partial charge in [0.2, 0.25) is 11.8 Å². The summed E-state index contributed by atoms with van der Waals surface area (Å²) in [7, 11) is 0. The van der Waals surface area contributed by atoms with Crippen molar-refractivity contribution in [2.24, 2.45) is 5.92 Å². The molecule has 1 aliphatic heterocycles. The second-order valence-corrected chi connectivity index (χ2v) is 6.19. The summed E-state index contributed by atoms with van der Waals surface area (Å²) in [5, 5.41) is 7.58. The van der Waals surface area contributed by atoms with E-state index in [9.17, 15) is 31.9 Å². The zero-order valence-corrected chi connectivity index (χ0v) is 14.6. The van der Waals surface area contributed by atoms with Crippen LogP contribution in [0.3, 0.4) is 0 Å². The summed E-state index contributed by atoms with van der Waals surface area (Å²) < 4.78 is 52.9. The van der Waals surface area contributed by atoms with E-state index in [0.717, 1.165) is 0 Å². The van der Waals surface area contributed by atoms with Crippen LogP contribution < -0.4 is 16.0 Å². The Kier molecular flexibility index (Phi) is 7.32. The van der Waals surface area contributed by atoms with Crippen molar-refractivity contribution < 1.29 is 36.7 Å². The van der Waals surface area contributed by atoms with Crippen LogP contribution in [0.25, 0.3) is 0 Å². The van der Waals surface area contributed by atoms with Crippen molar-refractivity contribution in [3.05, 3.63) is 30.1 Å². The number of anilines is 1. The van der Waals surface area contributed by atoms with Crippen LogP contribution in [0.2, 0.25) is 0 Å². The molecular weight excluding hydrogens is 386 g/mol. The molecule has 1 aromatic carbocycles. The molecule has 2 atom stereocenters. The molecule has 1 fully saturated rings. The van der Waals surface area contributed by atoms with Crippen LogP contribution in [0.15, 0.2) is 24.3 Å². The van der Waals surface area contributed by atoms with Gasteiger partial charge in [-0.2, -0.15) is 0 Å². The predicted octanol–water partition coefficient (Wildman–Crippen LogP) is 1.35. The number of hydrogen-bond donors (Lipinski definition) is 3. The zero-order chi connectivity index (χ0) is 20.7. The van der Waals surface area contributed by atoms with Gasteiger partial charge in [-0.1, -0.05) is 0 Å². The number of carbonyl (C=O) groups excluding carboxylic acids is 3. The topological polar surface area (TPSA) is 96.5 Å². The summed E-state index contributed by atoms with van der Waals surface area (Å²) in [5.74, 6) is -3.04. The number of carbonyl (C=O) groups is 3. The van der Waals surface area contributed by atoms with E-state index in [0.29, 0.717) is 18.7 Å². The zero-order valence-electron chi connectivity index (χ0n) is 14.6. The molecule has 0 bridgehead atoms. The molecule has 1 saturated heterocycles. The molecule has 0 aromatic heterocycles. The molecule has 11 heteroatoms. The third kappa shape index (κ3) is 7.14. The fourth-order valence-electron chi connectivity index (χ4n) is 2.67. The number of nitrogens with one attached hydrogen (secondary N) is 3. The maximum Gasteiger partial charge on any atom is 0.522 e. The Morgan fingerprint density at radius 3 is 2.50 bits per heavy atom. The lowest BCUT2D eigenvalue weighted by atomic mass is 9.96. The average molecular weight is 405 g/mol. The maximum atomic E-state index is 12.9. The first-order valence-electron chi connectivity index (χ1n) is 8.44. The van der Waals surface area contributed by atoms with Crippen molar-refractivity contribution in [1.82, 2.24) is 10.6 Å². The van der Waals surface area contributed by atoms with Gasteiger partial charge in [0.05, 0.1) is 12.6 Å². The third-order valence-electron chi connectivity index (χ3n) is 4.08. The number of Topliss-reactive ketones (excluding diaryl/α,β-unsaturated/α-hetero) is 1. The Balaban J connectivity index is 1.94. The van der Waals surface area contributed by atoms with Gasteiger partial charge in [-0.3, -0.25) is 19.1 Å². The highest BCUT2D eigenvalue weighted by Gasteiger charge is 2.34. The Bertz CT molecular complexity index is 709. The van der Waals surface area contributed by atoms with Gasteiger partial charge < -0.3 is 16.0 Å². The van der Waals surface area contributed by atoms with Gasteiger partial charge in [-0.25, -0.2) is 4.39 Å². The summed E-state index contributed by atoms with van der Waals surface area (Å²) in [6.45, 7) is -1.18. The molecule has 2 unspecified atom stereocenters. The Morgan fingerprint density at radius 2 is 1.93 bits per heavy atom. The lowest BCUT2D eigenvalue weighted by Gasteiger charge is -2.20. The SMILES string of the molecule is O=C(CNc1ccc(F)cc1)NC(CC1CCNC1=O)C(=O)COC(F)(F)F. The molecule has 154 valence electrons. The molecule has 28 heavy (non-hydrogen) atoms. The number of hydrogen-bond acceptors (Lipinski definition) is 5. The minimum Gasteiger partial charge on any atom is -0.376 e. The average Bonchev–Trinajstić information content (AvgIpc) is 3.03. The fourth-order valence-corrected chi connectivity index (χ4v) is 2.67. The summed E-state index contributed by atoms with van der Waals surface area (Å²) in [5.41, 5.74) is 0.440. The van der Waals surface area contributed by atoms with Gasteiger partial charge >= 0.3 is 6.36 Å². The van der Waals surface area contributed by atoms with Gasteiger partial charge in [0.25, 0.3) is 0 Å². The summed E-state index contributed by atoms with van der Waals surface area (Å²) >= 11 is 0. The van der Waals surface area contributed by atoms with Crippen LogP contribution >= 0.6 is 0 Å². The fraction of sp³-hybridized carbons (Fsp3) is 0.471. The van der Waals surface area contributed by atoms with Crippen LogP contribution in [0, 0.1) is 11.7 Å². The van der Waals surface area contributed by atoms with Crippen molar-refractivity contribution in [2.45, 2.75) is 25.2 Å². The molecule has 0 spiro atoms. The highest BCUT2D eigenvalue weighted by Crippen LogP contribution is 2.19. The van der Waals surface area contributed by atoms with Crippen LogP contribution in [0.5, 0.6) is 0 Å². The number of alkyl halides is 3. The highest BCUT2D eigenvalue weighted by atomic mass is 19.4. The van der Waals surface area contributed by atoms with Crippen molar-refractivity contribution in [3.63, 3.8) is 0 Å². The van der Waals surface area contributed by atoms with E-state index in [2.05, 4.69) is 20.7 Å². The number of ether oxygens (including phenoxy) is 1. The van der Waals surface area contributed by atoms with E-state index in [-0.39, 0.29) is 18.9 Å². The first kappa shape index (κ1) is 21.6. The minimum atomic E-state index is -4.99. The van der Waals surface area contributed by atoms with E-state index < -0.39 is 42.4 Å². The summed E-state index contributed by atoms with van der Waals surface area (Å²) in [6, 6.07) is 3.84. The molecular formula is C17H19F4N3O4. The second kappa shape index (κ2) is 9.49. The normalized spacial score (nSPS) is 17.7. The monoisotopic (exact) mass is 405 g/mol. The van der Waals surface area contributed by atoms with Crippen LogP contribution in [0.1, 0.15) is 12.8 Å². The van der Waals surface area contributed by atoms with E-state index in [1.165, 1.54) is 24.3 Å². The van der Waals surface area contributed by atoms with Crippen molar-refractivity contribution in [3.8, 4) is 0 Å². The second-order valence-electron chi connectivity index (χ2n) is 6.19. The van der Waals surface area contributed by atoms with Crippen molar-refractivity contribution in [1.29, 1.82) is 0 Å². The molecule has 1 aliphatic rings. The van der Waals surface area contributed by atoms with E-state index in [1.807, 2.05) is 0 Å². The Hall–Kier alpha value is -2.69. The Morgan fingerprint density at radius 1 is 1.25 bits per heavy atom. The summed E-state index contributed by atoms with van der Waals surface area (Å²) in [6.07, 6.45) is -4.71. The van der Waals surface area contributed by atoms with Gasteiger partial charge in [0.15, 0.2) is 5.78 Å². The predicted molar refractivity (Wildman–Crippen MR) is 89.6 cm³/mol. The smallest absolute Gasteiger partial charge is 0.376 e. The first-order chi connectivity index (χ1) is 13.1. The molecule has 7 nitrogen and oxygen atoms in total. The van der Waals surface area contributed by atoms with E-state index in [1.54, 1.807) is 0 Å². The van der Waals surface area contributed by atoms with Gasteiger partial charge in [0.1, 0.15) is 12.4 Å². The largest absolute Gasteiger partial charge is 0.522 e. The highest BCUT2D eigenvalue weighted by molar-refractivity contribution is 5.92. The maximum absolute atomic E-state index is 12.9. The van der Waals surface area contributed by atoms with E-state index >= 15 is 0 Å². The lowest BCUT2D eigenvalue weighted by Crippen LogP contribution is -2.46. The number of rotatable bonds is 9. The third-order valence-corrected chi connectivity index (χ3v) is 4.08. The lowest BCUT2D eigenvalue weighted by molar-refractivity contribution is -0.321. The first-order valence-corrected chi connectivity index (χ1v) is 8.44. The standard InChI is InChI=1S/C17H19F4N3O4/c18-11-1-3-12(4-2-11)23-8-15(26)24-13(7-10-5-6-22-16(10)27)14(25)9-28-17(19,20)21/h1-4,10,13,23H,5-9H2,(H,22,27)(H,24,26). The van der Waals surface area contributed by atoms with Crippen molar-refractivity contribution >= 4 is 23.3 Å². The van der Waals surface area contributed by atoms with E-state index in [4.69, 9.17) is 0 Å². The molecule has 3 N–H and O–H groups in total. The molecule has 0 saturated carbocycles. The number of halogens is 4. The van der Waals surface area contributed by atoms with Crippen LogP contribution in [0.4, 0.5) is 23.2 Å². The minimum absolute atomic E-state index is 0.131. The molecule has 2 amide bonds. The molecule has 0 radical (unpaired) electrons. The molecule has 1 heterocycles. The van der Waals surface area contributed by atoms with Gasteiger partial charge in [0, 0.05) is 18.2 Å². The van der Waals surface area contributed by atoms with Crippen LogP contribution in [-0.4, -0.2) is 49.7 Å². The number of ketones is 1. The number of benzene rings is 1. The van der Waals surface area contributed by atoms with Gasteiger partial charge in [-0.15, -0.1) is 13.2 Å². The molecule has 2 rings (SSSR count). The molecule has 0 aliphatic carbocycles. The van der Waals surface area contributed by atoms with Crippen molar-refractivity contribution in [2.75, 3.05) is 25.0 Å². The Labute approximate surface area is 157 Å². The summed E-state index contributed by atoms with van der Waals surface area (Å²) in [4.78, 5) is 35.9. The van der Waals surface area contributed by atoms with Crippen LogP contribution in [-0.2, 0) is 19.1 Å². The quantitative estimate of drug-likeness (QED) is 0.539. The van der Waals surface area contributed by atoms with Gasteiger partial charge in [-0.05, 0) is 37.1 Å². The number of amides is 2.